The van der Waals surface area contributed by atoms with Gasteiger partial charge in [0.15, 0.2) is 11.5 Å². The molecule has 0 bridgehead atoms. The maximum atomic E-state index is 11.5. The highest BCUT2D eigenvalue weighted by Crippen LogP contribution is 2.33. The van der Waals surface area contributed by atoms with Crippen molar-refractivity contribution < 1.29 is 14.3 Å². The number of rotatable bonds is 4. The van der Waals surface area contributed by atoms with Crippen LogP contribution in [0.4, 0.5) is 0 Å². The lowest BCUT2D eigenvalue weighted by atomic mass is 9.87. The molecule has 0 spiro atoms. The van der Waals surface area contributed by atoms with Gasteiger partial charge >= 0.3 is 5.97 Å². The van der Waals surface area contributed by atoms with E-state index in [1.54, 1.807) is 13.2 Å². The maximum Gasteiger partial charge on any atom is 0.311 e. The second-order valence-corrected chi connectivity index (χ2v) is 5.34. The van der Waals surface area contributed by atoms with Crippen molar-refractivity contribution in [3.05, 3.63) is 23.8 Å². The van der Waals surface area contributed by atoms with Crippen LogP contribution in [0.1, 0.15) is 46.1 Å². The van der Waals surface area contributed by atoms with Gasteiger partial charge in [-0.05, 0) is 29.5 Å². The fraction of sp³-hybridized carbons (Fsp3) is 0.533. The maximum absolute atomic E-state index is 11.5. The normalized spacial score (nSPS) is 11.2. The molecular formula is C15H22O3. The molecule has 18 heavy (non-hydrogen) atoms. The highest BCUT2D eigenvalue weighted by atomic mass is 16.6. The van der Waals surface area contributed by atoms with Crippen LogP contribution in [0.2, 0.25) is 0 Å². The number of carbonyl (C=O) groups is 1. The van der Waals surface area contributed by atoms with E-state index in [1.807, 2.05) is 19.1 Å². The number of hydrogen-bond acceptors (Lipinski definition) is 3. The predicted octanol–water partition coefficient (Wildman–Crippen LogP) is 3.70. The third-order valence-electron chi connectivity index (χ3n) is 2.71. The minimum absolute atomic E-state index is 0.0409. The summed E-state index contributed by atoms with van der Waals surface area (Å²) in [4.78, 5) is 11.5. The average molecular weight is 250 g/mol. The van der Waals surface area contributed by atoms with Gasteiger partial charge < -0.3 is 9.47 Å². The Bertz CT molecular complexity index is 416. The SMILES string of the molecule is CCCC(=O)Oc1ccc(C(C)(C)C)cc1OC. The van der Waals surface area contributed by atoms with Gasteiger partial charge in [0, 0.05) is 6.42 Å². The smallest absolute Gasteiger partial charge is 0.311 e. The molecule has 0 unspecified atom stereocenters. The van der Waals surface area contributed by atoms with Gasteiger partial charge in [-0.1, -0.05) is 33.8 Å². The van der Waals surface area contributed by atoms with Crippen LogP contribution < -0.4 is 9.47 Å². The van der Waals surface area contributed by atoms with Crippen molar-refractivity contribution in [2.45, 2.75) is 46.0 Å². The average Bonchev–Trinajstić information content (AvgIpc) is 2.28. The monoisotopic (exact) mass is 250 g/mol. The molecule has 3 nitrogen and oxygen atoms in total. The molecule has 1 rings (SSSR count). The van der Waals surface area contributed by atoms with Crippen molar-refractivity contribution >= 4 is 5.97 Å². The molecule has 0 aromatic heterocycles. The first-order chi connectivity index (χ1) is 8.38. The number of esters is 1. The van der Waals surface area contributed by atoms with Gasteiger partial charge in [-0.15, -0.1) is 0 Å². The van der Waals surface area contributed by atoms with E-state index >= 15 is 0 Å². The number of benzene rings is 1. The van der Waals surface area contributed by atoms with E-state index < -0.39 is 0 Å². The molecule has 100 valence electrons. The summed E-state index contributed by atoms with van der Waals surface area (Å²) in [5.41, 5.74) is 1.19. The fourth-order valence-corrected chi connectivity index (χ4v) is 1.60. The number of ether oxygens (including phenoxy) is 2. The zero-order valence-electron chi connectivity index (χ0n) is 11.9. The van der Waals surface area contributed by atoms with Crippen molar-refractivity contribution in [1.29, 1.82) is 0 Å². The molecule has 1 aromatic rings. The Kier molecular flexibility index (Phi) is 4.76. The minimum Gasteiger partial charge on any atom is -0.493 e. The largest absolute Gasteiger partial charge is 0.493 e. The lowest BCUT2D eigenvalue weighted by Gasteiger charge is -2.20. The molecule has 0 heterocycles. The highest BCUT2D eigenvalue weighted by Gasteiger charge is 2.17. The van der Waals surface area contributed by atoms with Gasteiger partial charge in [0.2, 0.25) is 0 Å². The topological polar surface area (TPSA) is 35.5 Å². The van der Waals surface area contributed by atoms with Gasteiger partial charge in [-0.3, -0.25) is 4.79 Å². The molecular weight excluding hydrogens is 228 g/mol. The molecule has 1 aromatic carbocycles. The summed E-state index contributed by atoms with van der Waals surface area (Å²) in [7, 11) is 1.58. The van der Waals surface area contributed by atoms with Gasteiger partial charge in [-0.2, -0.15) is 0 Å². The van der Waals surface area contributed by atoms with Crippen molar-refractivity contribution in [3.8, 4) is 11.5 Å². The van der Waals surface area contributed by atoms with E-state index in [9.17, 15) is 4.79 Å². The lowest BCUT2D eigenvalue weighted by Crippen LogP contribution is -2.12. The van der Waals surface area contributed by atoms with E-state index in [2.05, 4.69) is 20.8 Å². The molecule has 0 fully saturated rings. The van der Waals surface area contributed by atoms with Crippen molar-refractivity contribution in [3.63, 3.8) is 0 Å². The van der Waals surface area contributed by atoms with Crippen molar-refractivity contribution in [2.24, 2.45) is 0 Å². The predicted molar refractivity (Wildman–Crippen MR) is 72.2 cm³/mol. The Balaban J connectivity index is 2.97. The molecule has 0 saturated heterocycles. The minimum atomic E-state index is -0.223. The van der Waals surface area contributed by atoms with Crippen molar-refractivity contribution in [1.82, 2.24) is 0 Å². The quantitative estimate of drug-likeness (QED) is 0.604. The molecule has 0 aliphatic carbocycles. The summed E-state index contributed by atoms with van der Waals surface area (Å²) in [6, 6.07) is 5.69. The summed E-state index contributed by atoms with van der Waals surface area (Å²) >= 11 is 0. The van der Waals surface area contributed by atoms with E-state index in [0.29, 0.717) is 17.9 Å². The van der Waals surface area contributed by atoms with E-state index in [0.717, 1.165) is 12.0 Å². The van der Waals surface area contributed by atoms with Gasteiger partial charge in [0.1, 0.15) is 0 Å². The number of methoxy groups -OCH3 is 1. The van der Waals surface area contributed by atoms with Crippen LogP contribution in [-0.4, -0.2) is 13.1 Å². The third-order valence-corrected chi connectivity index (χ3v) is 2.71. The molecule has 0 N–H and O–H groups in total. The lowest BCUT2D eigenvalue weighted by molar-refractivity contribution is -0.134. The summed E-state index contributed by atoms with van der Waals surface area (Å²) in [5, 5.41) is 0. The Morgan fingerprint density at radius 2 is 1.89 bits per heavy atom. The Morgan fingerprint density at radius 3 is 2.39 bits per heavy atom. The van der Waals surface area contributed by atoms with Crippen LogP contribution in [0.3, 0.4) is 0 Å². The van der Waals surface area contributed by atoms with Gasteiger partial charge in [0.05, 0.1) is 7.11 Å². The van der Waals surface area contributed by atoms with Crippen LogP contribution in [0.25, 0.3) is 0 Å². The third kappa shape index (κ3) is 3.76. The second kappa shape index (κ2) is 5.89. The van der Waals surface area contributed by atoms with Crippen LogP contribution >= 0.6 is 0 Å². The molecule has 0 radical (unpaired) electrons. The van der Waals surface area contributed by atoms with Crippen LogP contribution in [0, 0.1) is 0 Å². The van der Waals surface area contributed by atoms with Crippen LogP contribution in [0.15, 0.2) is 18.2 Å². The molecule has 0 saturated carbocycles. The van der Waals surface area contributed by atoms with Crippen LogP contribution in [0.5, 0.6) is 11.5 Å². The second-order valence-electron chi connectivity index (χ2n) is 5.34. The first kappa shape index (κ1) is 14.6. The van der Waals surface area contributed by atoms with Gasteiger partial charge in [-0.25, -0.2) is 0 Å². The van der Waals surface area contributed by atoms with Crippen molar-refractivity contribution in [2.75, 3.05) is 7.11 Å². The zero-order chi connectivity index (χ0) is 13.8. The zero-order valence-corrected chi connectivity index (χ0v) is 11.9. The number of hydrogen-bond donors (Lipinski definition) is 0. The summed E-state index contributed by atoms with van der Waals surface area (Å²) in [5.74, 6) is 0.870. The Morgan fingerprint density at radius 1 is 1.22 bits per heavy atom. The van der Waals surface area contributed by atoms with Crippen LogP contribution in [-0.2, 0) is 10.2 Å². The molecule has 0 atom stereocenters. The standard InChI is InChI=1S/C15H22O3/c1-6-7-14(16)18-12-9-8-11(15(2,3)4)10-13(12)17-5/h8-10H,6-7H2,1-5H3. The highest BCUT2D eigenvalue weighted by molar-refractivity contribution is 5.73. The Labute approximate surface area is 109 Å². The van der Waals surface area contributed by atoms with E-state index in [1.165, 1.54) is 0 Å². The van der Waals surface area contributed by atoms with Gasteiger partial charge in [0.25, 0.3) is 0 Å². The first-order valence-corrected chi connectivity index (χ1v) is 6.27. The summed E-state index contributed by atoms with van der Waals surface area (Å²) in [6.07, 6.45) is 1.20. The fourth-order valence-electron chi connectivity index (χ4n) is 1.60. The first-order valence-electron chi connectivity index (χ1n) is 6.27. The molecule has 0 amide bonds. The molecule has 0 aliphatic rings. The Hall–Kier alpha value is -1.51. The van der Waals surface area contributed by atoms with E-state index in [4.69, 9.17) is 9.47 Å². The van der Waals surface area contributed by atoms with E-state index in [-0.39, 0.29) is 11.4 Å². The summed E-state index contributed by atoms with van der Waals surface area (Å²) < 4.78 is 10.6. The molecule has 0 aliphatic heterocycles. The summed E-state index contributed by atoms with van der Waals surface area (Å²) in [6.45, 7) is 8.33. The molecule has 3 heteroatoms. The number of carbonyl (C=O) groups excluding carboxylic acids is 1.